The molecule has 0 N–H and O–H groups in total. The third kappa shape index (κ3) is 3.18. The Bertz CT molecular complexity index is 517. The van der Waals surface area contributed by atoms with Crippen molar-refractivity contribution in [2.24, 2.45) is 0 Å². The van der Waals surface area contributed by atoms with Crippen LogP contribution in [0.5, 0.6) is 0 Å². The predicted octanol–water partition coefficient (Wildman–Crippen LogP) is 3.50. The first-order valence-corrected chi connectivity index (χ1v) is 8.02. The van der Waals surface area contributed by atoms with Crippen LogP contribution in [0.3, 0.4) is 0 Å². The summed E-state index contributed by atoms with van der Waals surface area (Å²) in [5.41, 5.74) is 0.622. The summed E-state index contributed by atoms with van der Waals surface area (Å²) < 4.78 is 26.1. The Kier molecular flexibility index (Phi) is 5.46. The maximum atomic E-state index is 12.4. The Balaban J connectivity index is 3.20. The third-order valence-corrected chi connectivity index (χ3v) is 5.67. The zero-order valence-electron chi connectivity index (χ0n) is 10.7. The highest BCUT2D eigenvalue weighted by atomic mass is 35.5. The normalized spacial score (nSPS) is 13.9. The highest BCUT2D eigenvalue weighted by molar-refractivity contribution is 7.89. The lowest BCUT2D eigenvalue weighted by atomic mass is 10.2. The summed E-state index contributed by atoms with van der Waals surface area (Å²) in [5.74, 6) is 0.190. The molecule has 0 saturated carbocycles. The summed E-state index contributed by atoms with van der Waals surface area (Å²) in [6, 6.07) is 4.55. The van der Waals surface area contributed by atoms with Gasteiger partial charge in [-0.05, 0) is 37.1 Å². The third-order valence-electron chi connectivity index (χ3n) is 3.05. The molecule has 0 heterocycles. The van der Waals surface area contributed by atoms with Crippen LogP contribution in [0.15, 0.2) is 23.1 Å². The molecule has 0 amide bonds. The number of benzene rings is 1. The molecule has 0 aliphatic rings. The first-order chi connectivity index (χ1) is 8.34. The van der Waals surface area contributed by atoms with Crippen molar-refractivity contribution in [3.8, 4) is 0 Å². The van der Waals surface area contributed by atoms with Gasteiger partial charge in [0.25, 0.3) is 0 Å². The molecule has 0 aromatic heterocycles. The molecule has 1 atom stereocenters. The van der Waals surface area contributed by atoms with Gasteiger partial charge in [0.1, 0.15) is 0 Å². The van der Waals surface area contributed by atoms with Crippen LogP contribution < -0.4 is 0 Å². The van der Waals surface area contributed by atoms with Gasteiger partial charge in [0, 0.05) is 24.0 Å². The van der Waals surface area contributed by atoms with E-state index in [0.29, 0.717) is 10.6 Å². The van der Waals surface area contributed by atoms with E-state index < -0.39 is 10.0 Å². The van der Waals surface area contributed by atoms with Gasteiger partial charge in [-0.3, -0.25) is 0 Å². The molecule has 102 valence electrons. The maximum Gasteiger partial charge on any atom is 0.243 e. The first kappa shape index (κ1) is 15.8. The summed E-state index contributed by atoms with van der Waals surface area (Å²) in [7, 11) is -1.90. The second-order valence-corrected chi connectivity index (χ2v) is 6.84. The molecule has 0 radical (unpaired) electrons. The van der Waals surface area contributed by atoms with E-state index in [1.807, 2.05) is 13.8 Å². The maximum absolute atomic E-state index is 12.4. The summed E-state index contributed by atoms with van der Waals surface area (Å²) in [4.78, 5) is 0.227. The SMILES string of the molecule is CCC(C)N(C)S(=O)(=O)c1ccc(Cl)c(CCl)c1. The van der Waals surface area contributed by atoms with Crippen molar-refractivity contribution in [1.29, 1.82) is 0 Å². The van der Waals surface area contributed by atoms with Gasteiger partial charge < -0.3 is 0 Å². The lowest BCUT2D eigenvalue weighted by molar-refractivity contribution is 0.380. The Morgan fingerprint density at radius 3 is 2.50 bits per heavy atom. The van der Waals surface area contributed by atoms with Crippen LogP contribution in [0.4, 0.5) is 0 Å². The molecule has 0 aliphatic heterocycles. The molecule has 1 rings (SSSR count). The molecular formula is C12H17Cl2NO2S. The molecule has 18 heavy (non-hydrogen) atoms. The zero-order chi connectivity index (χ0) is 13.9. The fraction of sp³-hybridized carbons (Fsp3) is 0.500. The van der Waals surface area contributed by atoms with Crippen LogP contribution >= 0.6 is 23.2 Å². The van der Waals surface area contributed by atoms with Crippen LogP contribution in [0.1, 0.15) is 25.8 Å². The van der Waals surface area contributed by atoms with E-state index in [-0.39, 0.29) is 16.8 Å². The van der Waals surface area contributed by atoms with Crippen molar-refractivity contribution in [3.63, 3.8) is 0 Å². The number of sulfonamides is 1. The highest BCUT2D eigenvalue weighted by Crippen LogP contribution is 2.24. The van der Waals surface area contributed by atoms with Crippen molar-refractivity contribution < 1.29 is 8.42 Å². The Labute approximate surface area is 119 Å². The molecule has 0 bridgehead atoms. The first-order valence-electron chi connectivity index (χ1n) is 5.67. The molecule has 1 unspecified atom stereocenters. The van der Waals surface area contributed by atoms with Crippen LogP contribution in [0.2, 0.25) is 5.02 Å². The van der Waals surface area contributed by atoms with Crippen molar-refractivity contribution in [2.45, 2.75) is 37.1 Å². The fourth-order valence-electron chi connectivity index (χ4n) is 1.47. The fourth-order valence-corrected chi connectivity index (χ4v) is 3.43. The van der Waals surface area contributed by atoms with Crippen LogP contribution in [-0.4, -0.2) is 25.8 Å². The largest absolute Gasteiger partial charge is 0.243 e. The number of hydrogen-bond acceptors (Lipinski definition) is 2. The monoisotopic (exact) mass is 309 g/mol. The standard InChI is InChI=1S/C12H17Cl2NO2S/c1-4-9(2)15(3)18(16,17)11-5-6-12(14)10(7-11)8-13/h5-7,9H,4,8H2,1-3H3. The predicted molar refractivity (Wildman–Crippen MR) is 75.7 cm³/mol. The number of rotatable bonds is 5. The van der Waals surface area contributed by atoms with E-state index in [2.05, 4.69) is 0 Å². The topological polar surface area (TPSA) is 37.4 Å². The Hall–Kier alpha value is -0.290. The van der Waals surface area contributed by atoms with E-state index in [1.165, 1.54) is 16.4 Å². The van der Waals surface area contributed by atoms with Gasteiger partial charge in [-0.1, -0.05) is 18.5 Å². The summed E-state index contributed by atoms with van der Waals surface area (Å²) >= 11 is 11.7. The molecular weight excluding hydrogens is 293 g/mol. The minimum atomic E-state index is -3.48. The second kappa shape index (κ2) is 6.24. The van der Waals surface area contributed by atoms with Crippen molar-refractivity contribution >= 4 is 33.2 Å². The zero-order valence-corrected chi connectivity index (χ0v) is 13.0. The van der Waals surface area contributed by atoms with Gasteiger partial charge in [-0.2, -0.15) is 4.31 Å². The van der Waals surface area contributed by atoms with E-state index in [4.69, 9.17) is 23.2 Å². The van der Waals surface area contributed by atoms with E-state index in [9.17, 15) is 8.42 Å². The van der Waals surface area contributed by atoms with Crippen LogP contribution in [0.25, 0.3) is 0 Å². The molecule has 0 fully saturated rings. The molecule has 0 saturated heterocycles. The Morgan fingerprint density at radius 2 is 2.00 bits per heavy atom. The molecule has 0 spiro atoms. The van der Waals surface area contributed by atoms with E-state index in [0.717, 1.165) is 6.42 Å². The number of nitrogens with zero attached hydrogens (tertiary/aromatic N) is 1. The molecule has 0 aliphatic carbocycles. The molecule has 1 aromatic carbocycles. The minimum Gasteiger partial charge on any atom is -0.207 e. The number of alkyl halides is 1. The van der Waals surface area contributed by atoms with Crippen molar-refractivity contribution in [3.05, 3.63) is 28.8 Å². The van der Waals surface area contributed by atoms with Crippen LogP contribution in [0, 0.1) is 0 Å². The summed E-state index contributed by atoms with van der Waals surface area (Å²) in [5, 5.41) is 0.482. The second-order valence-electron chi connectivity index (χ2n) is 4.17. The smallest absolute Gasteiger partial charge is 0.207 e. The number of hydrogen-bond donors (Lipinski definition) is 0. The Morgan fingerprint density at radius 1 is 1.39 bits per heavy atom. The molecule has 3 nitrogen and oxygen atoms in total. The van der Waals surface area contributed by atoms with E-state index >= 15 is 0 Å². The van der Waals surface area contributed by atoms with Crippen molar-refractivity contribution in [2.75, 3.05) is 7.05 Å². The van der Waals surface area contributed by atoms with Crippen molar-refractivity contribution in [1.82, 2.24) is 4.31 Å². The molecule has 6 heteroatoms. The average molecular weight is 310 g/mol. The average Bonchev–Trinajstić information content (AvgIpc) is 2.37. The summed E-state index contributed by atoms with van der Waals surface area (Å²) in [6.07, 6.45) is 0.756. The van der Waals surface area contributed by atoms with Gasteiger partial charge in [0.05, 0.1) is 4.90 Å². The van der Waals surface area contributed by atoms with Gasteiger partial charge in [0.15, 0.2) is 0 Å². The lowest BCUT2D eigenvalue weighted by Crippen LogP contribution is -2.34. The van der Waals surface area contributed by atoms with E-state index in [1.54, 1.807) is 13.1 Å². The highest BCUT2D eigenvalue weighted by Gasteiger charge is 2.24. The van der Waals surface area contributed by atoms with Crippen LogP contribution in [-0.2, 0) is 15.9 Å². The molecule has 1 aromatic rings. The number of halogens is 2. The van der Waals surface area contributed by atoms with Gasteiger partial charge >= 0.3 is 0 Å². The lowest BCUT2D eigenvalue weighted by Gasteiger charge is -2.23. The quantitative estimate of drug-likeness (QED) is 0.781. The van der Waals surface area contributed by atoms with Gasteiger partial charge in [-0.25, -0.2) is 8.42 Å². The summed E-state index contributed by atoms with van der Waals surface area (Å²) in [6.45, 7) is 3.82. The van der Waals surface area contributed by atoms with Gasteiger partial charge in [-0.15, -0.1) is 11.6 Å². The minimum absolute atomic E-state index is 0.0508. The van der Waals surface area contributed by atoms with Gasteiger partial charge in [0.2, 0.25) is 10.0 Å².